The first-order valence-corrected chi connectivity index (χ1v) is 5.39. The average molecular weight is 256 g/mol. The number of benzene rings is 1. The molecular formula is C11H10F2N2O3. The van der Waals surface area contributed by atoms with Crippen molar-refractivity contribution >= 4 is 17.2 Å². The topological polar surface area (TPSA) is 63.5 Å². The summed E-state index contributed by atoms with van der Waals surface area (Å²) in [5.41, 5.74) is -0.851. The van der Waals surface area contributed by atoms with Crippen molar-refractivity contribution in [3.63, 3.8) is 0 Å². The molecular weight excluding hydrogens is 246 g/mol. The molecule has 96 valence electrons. The summed E-state index contributed by atoms with van der Waals surface area (Å²) in [7, 11) is 0. The zero-order valence-corrected chi connectivity index (χ0v) is 9.36. The normalized spacial score (nSPS) is 15.9. The maximum Gasteiger partial charge on any atom is 0.295 e. The summed E-state index contributed by atoms with van der Waals surface area (Å²) in [6.45, 7) is 0.333. The van der Waals surface area contributed by atoms with Crippen molar-refractivity contribution in [3.05, 3.63) is 33.9 Å². The number of nitrogens with zero attached hydrogens (tertiary/aromatic N) is 2. The molecule has 1 heterocycles. The minimum atomic E-state index is -1.24. The molecule has 0 aliphatic carbocycles. The van der Waals surface area contributed by atoms with Crippen LogP contribution < -0.4 is 4.90 Å². The van der Waals surface area contributed by atoms with E-state index in [4.69, 9.17) is 0 Å². The van der Waals surface area contributed by atoms with E-state index in [-0.39, 0.29) is 37.4 Å². The summed E-state index contributed by atoms with van der Waals surface area (Å²) < 4.78 is 26.9. The van der Waals surface area contributed by atoms with Crippen LogP contribution in [0.3, 0.4) is 0 Å². The fourth-order valence-corrected chi connectivity index (χ4v) is 1.96. The lowest BCUT2D eigenvalue weighted by atomic mass is 10.1. The Hall–Kier alpha value is -2.05. The number of hydrogen-bond acceptors (Lipinski definition) is 4. The van der Waals surface area contributed by atoms with E-state index < -0.39 is 22.2 Å². The van der Waals surface area contributed by atoms with E-state index in [2.05, 4.69) is 0 Å². The van der Waals surface area contributed by atoms with Crippen LogP contribution in [-0.4, -0.2) is 23.8 Å². The maximum absolute atomic E-state index is 13.7. The smallest absolute Gasteiger partial charge is 0.295 e. The first kappa shape index (κ1) is 12.4. The molecule has 1 fully saturated rings. The second kappa shape index (κ2) is 4.67. The van der Waals surface area contributed by atoms with Crippen molar-refractivity contribution < 1.29 is 18.5 Å². The van der Waals surface area contributed by atoms with Crippen LogP contribution in [0.2, 0.25) is 0 Å². The van der Waals surface area contributed by atoms with Gasteiger partial charge in [-0.2, -0.15) is 0 Å². The summed E-state index contributed by atoms with van der Waals surface area (Å²) in [4.78, 5) is 22.5. The first-order chi connectivity index (χ1) is 8.50. The third-order valence-electron chi connectivity index (χ3n) is 2.88. The van der Waals surface area contributed by atoms with Crippen LogP contribution in [0.5, 0.6) is 0 Å². The molecule has 0 radical (unpaired) electrons. The van der Waals surface area contributed by atoms with Gasteiger partial charge in [0.05, 0.1) is 4.92 Å². The number of anilines is 1. The summed E-state index contributed by atoms with van der Waals surface area (Å²) in [5.74, 6) is -2.35. The average Bonchev–Trinajstić information content (AvgIpc) is 2.33. The van der Waals surface area contributed by atoms with Gasteiger partial charge in [0.25, 0.3) is 5.69 Å². The van der Waals surface area contributed by atoms with Crippen LogP contribution in [-0.2, 0) is 4.79 Å². The third kappa shape index (κ3) is 2.15. The minimum Gasteiger partial charge on any atom is -0.363 e. The number of carbonyl (C=O) groups is 1. The Balaban J connectivity index is 2.44. The van der Waals surface area contributed by atoms with Gasteiger partial charge in [-0.15, -0.1) is 0 Å². The number of halogens is 2. The van der Waals surface area contributed by atoms with Crippen molar-refractivity contribution in [1.29, 1.82) is 0 Å². The summed E-state index contributed by atoms with van der Waals surface area (Å²) in [6, 6.07) is 1.66. The standard InChI is InChI=1S/C11H10F2N2O3/c12-8-1-2-9(15(17)18)11(10(8)13)14-5-3-7(16)4-6-14/h1-2H,3-6H2. The van der Waals surface area contributed by atoms with E-state index in [1.807, 2.05) is 0 Å². The number of Topliss-reactive ketones (excluding diaryl/α,β-unsaturated/α-hetero) is 1. The predicted octanol–water partition coefficient (Wildman–Crippen LogP) is 2.04. The van der Waals surface area contributed by atoms with Gasteiger partial charge in [0.1, 0.15) is 5.78 Å². The molecule has 0 N–H and O–H groups in total. The Morgan fingerprint density at radius 1 is 1.22 bits per heavy atom. The summed E-state index contributed by atoms with van der Waals surface area (Å²) >= 11 is 0. The van der Waals surface area contributed by atoms with Crippen molar-refractivity contribution in [1.82, 2.24) is 0 Å². The molecule has 0 unspecified atom stereocenters. The van der Waals surface area contributed by atoms with E-state index in [1.165, 1.54) is 4.90 Å². The highest BCUT2D eigenvalue weighted by Gasteiger charge is 2.28. The lowest BCUT2D eigenvalue weighted by molar-refractivity contribution is -0.384. The quantitative estimate of drug-likeness (QED) is 0.600. The lowest BCUT2D eigenvalue weighted by Gasteiger charge is -2.27. The Kier molecular flexibility index (Phi) is 3.22. The van der Waals surface area contributed by atoms with Crippen LogP contribution in [0.4, 0.5) is 20.2 Å². The monoisotopic (exact) mass is 256 g/mol. The highest BCUT2D eigenvalue weighted by atomic mass is 19.2. The van der Waals surface area contributed by atoms with Gasteiger partial charge in [0.2, 0.25) is 0 Å². The zero-order chi connectivity index (χ0) is 13.3. The van der Waals surface area contributed by atoms with Crippen LogP contribution in [0.15, 0.2) is 12.1 Å². The molecule has 1 aromatic rings. The van der Waals surface area contributed by atoms with Crippen molar-refractivity contribution in [2.45, 2.75) is 12.8 Å². The predicted molar refractivity (Wildman–Crippen MR) is 59.5 cm³/mol. The summed E-state index contributed by atoms with van der Waals surface area (Å²) in [5, 5.41) is 10.8. The number of carbonyl (C=O) groups excluding carboxylic acids is 1. The molecule has 7 heteroatoms. The van der Waals surface area contributed by atoms with E-state index in [0.717, 1.165) is 12.1 Å². The van der Waals surface area contributed by atoms with Gasteiger partial charge in [-0.25, -0.2) is 8.78 Å². The van der Waals surface area contributed by atoms with Crippen LogP contribution in [0.1, 0.15) is 12.8 Å². The molecule has 1 aliphatic rings. The second-order valence-electron chi connectivity index (χ2n) is 4.01. The number of hydrogen-bond donors (Lipinski definition) is 0. The molecule has 0 aromatic heterocycles. The van der Waals surface area contributed by atoms with Gasteiger partial charge >= 0.3 is 0 Å². The first-order valence-electron chi connectivity index (χ1n) is 5.39. The van der Waals surface area contributed by atoms with Gasteiger partial charge in [0.15, 0.2) is 17.3 Å². The lowest BCUT2D eigenvalue weighted by Crippen LogP contribution is -2.35. The Bertz CT molecular complexity index is 509. The highest BCUT2D eigenvalue weighted by Crippen LogP contribution is 2.33. The van der Waals surface area contributed by atoms with Gasteiger partial charge in [-0.1, -0.05) is 0 Å². The number of nitro groups is 1. The maximum atomic E-state index is 13.7. The van der Waals surface area contributed by atoms with E-state index >= 15 is 0 Å². The molecule has 5 nitrogen and oxygen atoms in total. The Labute approximate surface area is 101 Å². The van der Waals surface area contributed by atoms with Gasteiger partial charge < -0.3 is 4.90 Å². The molecule has 0 saturated carbocycles. The molecule has 0 spiro atoms. The fourth-order valence-electron chi connectivity index (χ4n) is 1.96. The van der Waals surface area contributed by atoms with E-state index in [1.54, 1.807) is 0 Å². The number of piperidine rings is 1. The van der Waals surface area contributed by atoms with E-state index in [0.29, 0.717) is 0 Å². The van der Waals surface area contributed by atoms with Gasteiger partial charge in [0, 0.05) is 32.0 Å². The fraction of sp³-hybridized carbons (Fsp3) is 0.364. The van der Waals surface area contributed by atoms with E-state index in [9.17, 15) is 23.7 Å². The molecule has 0 amide bonds. The molecule has 1 aliphatic heterocycles. The molecule has 0 atom stereocenters. The van der Waals surface area contributed by atoms with Crippen molar-refractivity contribution in [2.75, 3.05) is 18.0 Å². The van der Waals surface area contributed by atoms with Crippen molar-refractivity contribution in [2.24, 2.45) is 0 Å². The third-order valence-corrected chi connectivity index (χ3v) is 2.88. The SMILES string of the molecule is O=C1CCN(c2c([N+](=O)[O-])ccc(F)c2F)CC1. The molecule has 1 saturated heterocycles. The molecule has 2 rings (SSSR count). The van der Waals surface area contributed by atoms with Crippen molar-refractivity contribution in [3.8, 4) is 0 Å². The second-order valence-corrected chi connectivity index (χ2v) is 4.01. The molecule has 18 heavy (non-hydrogen) atoms. The van der Waals surface area contributed by atoms with Crippen LogP contribution >= 0.6 is 0 Å². The zero-order valence-electron chi connectivity index (χ0n) is 9.36. The Morgan fingerprint density at radius 3 is 2.39 bits per heavy atom. The number of nitro benzene ring substituents is 1. The minimum absolute atomic E-state index is 0.0192. The Morgan fingerprint density at radius 2 is 1.83 bits per heavy atom. The largest absolute Gasteiger partial charge is 0.363 e. The number of ketones is 1. The van der Waals surface area contributed by atoms with Gasteiger partial charge in [-0.05, 0) is 6.07 Å². The highest BCUT2D eigenvalue weighted by molar-refractivity contribution is 5.81. The van der Waals surface area contributed by atoms with Crippen LogP contribution in [0, 0.1) is 21.7 Å². The van der Waals surface area contributed by atoms with Crippen LogP contribution in [0.25, 0.3) is 0 Å². The molecule has 1 aromatic carbocycles. The van der Waals surface area contributed by atoms with Gasteiger partial charge in [-0.3, -0.25) is 14.9 Å². The number of rotatable bonds is 2. The molecule has 0 bridgehead atoms. The summed E-state index contributed by atoms with van der Waals surface area (Å²) in [6.07, 6.45) is 0.375.